The van der Waals surface area contributed by atoms with E-state index in [1.807, 2.05) is 0 Å². The van der Waals surface area contributed by atoms with Crippen molar-refractivity contribution in [2.45, 2.75) is 18.9 Å². The number of benzene rings is 1. The number of carbonyl (C=O) groups is 1. The van der Waals surface area contributed by atoms with E-state index < -0.39 is 17.5 Å². The van der Waals surface area contributed by atoms with Crippen LogP contribution < -0.4 is 5.32 Å². The number of piperidine rings is 1. The maximum absolute atomic E-state index is 13.5. The quantitative estimate of drug-likeness (QED) is 0.872. The summed E-state index contributed by atoms with van der Waals surface area (Å²) in [4.78, 5) is 13.6. The van der Waals surface area contributed by atoms with E-state index in [0.717, 1.165) is 32.0 Å². The lowest BCUT2D eigenvalue weighted by Crippen LogP contribution is -2.44. The van der Waals surface area contributed by atoms with Gasteiger partial charge in [-0.05, 0) is 38.1 Å². The maximum atomic E-state index is 13.5. The lowest BCUT2D eigenvalue weighted by Gasteiger charge is -2.31. The Balaban J connectivity index is 2.17. The summed E-state index contributed by atoms with van der Waals surface area (Å²) in [7, 11) is 1.64. The first-order valence-electron chi connectivity index (χ1n) is 6.03. The summed E-state index contributed by atoms with van der Waals surface area (Å²) in [5, 5.41) is 3.20. The molecule has 1 aromatic carbocycles. The van der Waals surface area contributed by atoms with Crippen LogP contribution in [0.5, 0.6) is 0 Å². The normalized spacial score (nSPS) is 16.6. The van der Waals surface area contributed by atoms with E-state index in [0.29, 0.717) is 0 Å². The van der Waals surface area contributed by atoms with Crippen LogP contribution in [0.15, 0.2) is 18.2 Å². The highest BCUT2D eigenvalue weighted by atomic mass is 19.2. The summed E-state index contributed by atoms with van der Waals surface area (Å²) >= 11 is 0. The zero-order valence-corrected chi connectivity index (χ0v) is 10.2. The summed E-state index contributed by atoms with van der Waals surface area (Å²) in [5.74, 6) is -2.51. The Morgan fingerprint density at radius 2 is 2.00 bits per heavy atom. The number of nitrogens with zero attached hydrogens (tertiary/aromatic N) is 1. The Morgan fingerprint density at radius 3 is 2.67 bits per heavy atom. The first-order valence-corrected chi connectivity index (χ1v) is 6.03. The summed E-state index contributed by atoms with van der Waals surface area (Å²) in [6.07, 6.45) is 1.67. The molecular weight excluding hydrogens is 238 g/mol. The van der Waals surface area contributed by atoms with E-state index in [-0.39, 0.29) is 11.6 Å². The van der Waals surface area contributed by atoms with Crippen molar-refractivity contribution in [1.82, 2.24) is 10.2 Å². The van der Waals surface area contributed by atoms with Crippen LogP contribution in [0.25, 0.3) is 0 Å². The monoisotopic (exact) mass is 254 g/mol. The van der Waals surface area contributed by atoms with Gasteiger partial charge in [0.1, 0.15) is 0 Å². The minimum atomic E-state index is -1.07. The molecule has 0 atom stereocenters. The SMILES string of the molecule is CN(C(=O)c1cccc(F)c1F)C1CCNCC1. The second-order valence-corrected chi connectivity index (χ2v) is 4.50. The molecule has 18 heavy (non-hydrogen) atoms. The number of rotatable bonds is 2. The maximum Gasteiger partial charge on any atom is 0.256 e. The number of halogens is 2. The largest absolute Gasteiger partial charge is 0.339 e. The van der Waals surface area contributed by atoms with E-state index in [1.54, 1.807) is 7.05 Å². The molecule has 3 nitrogen and oxygen atoms in total. The predicted molar refractivity (Wildman–Crippen MR) is 64.3 cm³/mol. The summed E-state index contributed by atoms with van der Waals surface area (Å²) < 4.78 is 26.6. The molecule has 1 aliphatic rings. The third-order valence-electron chi connectivity index (χ3n) is 3.36. The van der Waals surface area contributed by atoms with Crippen LogP contribution in [0.1, 0.15) is 23.2 Å². The fourth-order valence-corrected chi connectivity index (χ4v) is 2.22. The lowest BCUT2D eigenvalue weighted by molar-refractivity contribution is 0.0697. The molecule has 1 aliphatic heterocycles. The third kappa shape index (κ3) is 2.51. The predicted octanol–water partition coefficient (Wildman–Crippen LogP) is 1.79. The van der Waals surface area contributed by atoms with Gasteiger partial charge in [-0.15, -0.1) is 0 Å². The molecule has 1 amide bonds. The molecule has 0 unspecified atom stereocenters. The molecule has 1 N–H and O–H groups in total. The Hall–Kier alpha value is -1.49. The van der Waals surface area contributed by atoms with Gasteiger partial charge >= 0.3 is 0 Å². The van der Waals surface area contributed by atoms with E-state index in [9.17, 15) is 13.6 Å². The second kappa shape index (κ2) is 5.44. The molecule has 1 saturated heterocycles. The molecule has 0 aromatic heterocycles. The Kier molecular flexibility index (Phi) is 3.91. The van der Waals surface area contributed by atoms with Gasteiger partial charge in [-0.25, -0.2) is 8.78 Å². The first kappa shape index (κ1) is 13.0. The van der Waals surface area contributed by atoms with Crippen molar-refractivity contribution in [1.29, 1.82) is 0 Å². The van der Waals surface area contributed by atoms with Crippen LogP contribution in [0.3, 0.4) is 0 Å². The van der Waals surface area contributed by atoms with Gasteiger partial charge < -0.3 is 10.2 Å². The van der Waals surface area contributed by atoms with Gasteiger partial charge in [0, 0.05) is 13.1 Å². The smallest absolute Gasteiger partial charge is 0.256 e. The number of nitrogens with one attached hydrogen (secondary N) is 1. The van der Waals surface area contributed by atoms with Crippen molar-refractivity contribution in [2.75, 3.05) is 20.1 Å². The minimum absolute atomic E-state index is 0.0846. The summed E-state index contributed by atoms with van der Waals surface area (Å²) in [6.45, 7) is 1.68. The van der Waals surface area contributed by atoms with Crippen molar-refractivity contribution in [3.05, 3.63) is 35.4 Å². The second-order valence-electron chi connectivity index (χ2n) is 4.50. The Bertz CT molecular complexity index is 445. The first-order chi connectivity index (χ1) is 8.61. The zero-order chi connectivity index (χ0) is 13.1. The van der Waals surface area contributed by atoms with Crippen LogP contribution in [-0.4, -0.2) is 37.0 Å². The fraction of sp³-hybridized carbons (Fsp3) is 0.462. The standard InChI is InChI=1S/C13H16F2N2O/c1-17(9-5-7-16-8-6-9)13(18)10-3-2-4-11(14)12(10)15/h2-4,9,16H,5-8H2,1H3. The summed E-state index contributed by atoms with van der Waals surface area (Å²) in [6, 6.07) is 3.76. The number of hydrogen-bond donors (Lipinski definition) is 1. The average molecular weight is 254 g/mol. The van der Waals surface area contributed by atoms with Crippen LogP contribution in [0, 0.1) is 11.6 Å². The van der Waals surface area contributed by atoms with E-state index in [1.165, 1.54) is 17.0 Å². The molecular formula is C13H16F2N2O. The molecule has 0 radical (unpaired) electrons. The van der Waals surface area contributed by atoms with Gasteiger partial charge in [-0.2, -0.15) is 0 Å². The number of carbonyl (C=O) groups excluding carboxylic acids is 1. The topological polar surface area (TPSA) is 32.3 Å². The molecule has 0 aliphatic carbocycles. The van der Waals surface area contributed by atoms with E-state index in [2.05, 4.69) is 5.32 Å². The molecule has 0 saturated carbocycles. The van der Waals surface area contributed by atoms with E-state index in [4.69, 9.17) is 0 Å². The Morgan fingerprint density at radius 1 is 1.33 bits per heavy atom. The molecule has 1 fully saturated rings. The molecule has 1 heterocycles. The van der Waals surface area contributed by atoms with Gasteiger partial charge in [0.05, 0.1) is 5.56 Å². The molecule has 0 spiro atoms. The summed E-state index contributed by atoms with van der Waals surface area (Å²) in [5.41, 5.74) is -0.198. The fourth-order valence-electron chi connectivity index (χ4n) is 2.22. The lowest BCUT2D eigenvalue weighted by atomic mass is 10.0. The van der Waals surface area contributed by atoms with Crippen LogP contribution >= 0.6 is 0 Å². The van der Waals surface area contributed by atoms with Gasteiger partial charge in [0.15, 0.2) is 11.6 Å². The van der Waals surface area contributed by atoms with Gasteiger partial charge in [-0.1, -0.05) is 6.07 Å². The highest BCUT2D eigenvalue weighted by Gasteiger charge is 2.25. The molecule has 1 aromatic rings. The van der Waals surface area contributed by atoms with Crippen LogP contribution in [0.4, 0.5) is 8.78 Å². The minimum Gasteiger partial charge on any atom is -0.339 e. The van der Waals surface area contributed by atoms with Crippen molar-refractivity contribution in [3.63, 3.8) is 0 Å². The van der Waals surface area contributed by atoms with Gasteiger partial charge in [0.2, 0.25) is 0 Å². The number of hydrogen-bond acceptors (Lipinski definition) is 2. The molecule has 98 valence electrons. The number of amides is 1. The molecule has 0 bridgehead atoms. The third-order valence-corrected chi connectivity index (χ3v) is 3.36. The molecule has 2 rings (SSSR count). The molecule has 5 heteroatoms. The van der Waals surface area contributed by atoms with Crippen molar-refractivity contribution < 1.29 is 13.6 Å². The van der Waals surface area contributed by atoms with Crippen molar-refractivity contribution >= 4 is 5.91 Å². The van der Waals surface area contributed by atoms with Gasteiger partial charge in [-0.3, -0.25) is 4.79 Å². The van der Waals surface area contributed by atoms with E-state index >= 15 is 0 Å². The highest BCUT2D eigenvalue weighted by molar-refractivity contribution is 5.94. The highest BCUT2D eigenvalue weighted by Crippen LogP contribution is 2.17. The van der Waals surface area contributed by atoms with Crippen LogP contribution in [-0.2, 0) is 0 Å². The van der Waals surface area contributed by atoms with Crippen LogP contribution in [0.2, 0.25) is 0 Å². The van der Waals surface area contributed by atoms with Gasteiger partial charge in [0.25, 0.3) is 5.91 Å². The van der Waals surface area contributed by atoms with Crippen molar-refractivity contribution in [2.24, 2.45) is 0 Å². The van der Waals surface area contributed by atoms with Crippen molar-refractivity contribution in [3.8, 4) is 0 Å². The Labute approximate surface area is 105 Å². The average Bonchev–Trinajstić information content (AvgIpc) is 2.41. The zero-order valence-electron chi connectivity index (χ0n) is 10.2.